The van der Waals surface area contributed by atoms with E-state index in [2.05, 4.69) is 10.2 Å². The van der Waals surface area contributed by atoms with Gasteiger partial charge in [-0.1, -0.05) is 0 Å². The number of hydrogen-bond acceptors (Lipinski definition) is 5. The van der Waals surface area contributed by atoms with Gasteiger partial charge in [0.15, 0.2) is 0 Å². The van der Waals surface area contributed by atoms with Crippen molar-refractivity contribution in [3.05, 3.63) is 0 Å². The molecule has 7 heteroatoms. The maximum absolute atomic E-state index is 12.4. The fourth-order valence-corrected chi connectivity index (χ4v) is 5.21. The van der Waals surface area contributed by atoms with E-state index < -0.39 is 5.60 Å². The van der Waals surface area contributed by atoms with Crippen LogP contribution in [0.2, 0.25) is 0 Å². The fraction of sp³-hybridized carbons (Fsp3) is 0.900. The number of fused-ring (bicyclic) bond motifs is 1. The number of nitrogens with zero attached hydrogens (tertiary/aromatic N) is 1. The van der Waals surface area contributed by atoms with Crippen molar-refractivity contribution < 1.29 is 24.2 Å². The summed E-state index contributed by atoms with van der Waals surface area (Å²) in [6.45, 7) is 10.2. The van der Waals surface area contributed by atoms with Crippen LogP contribution in [-0.2, 0) is 19.1 Å². The first-order valence-corrected chi connectivity index (χ1v) is 10.3. The first-order chi connectivity index (χ1) is 12.8. The predicted octanol–water partition coefficient (Wildman–Crippen LogP) is 1.51. The molecule has 3 saturated heterocycles. The summed E-state index contributed by atoms with van der Waals surface area (Å²) in [4.78, 5) is 23.4. The summed E-state index contributed by atoms with van der Waals surface area (Å²) in [5.41, 5.74) is -0.664. The van der Waals surface area contributed by atoms with Crippen molar-refractivity contribution >= 4 is 12.4 Å². The van der Waals surface area contributed by atoms with Gasteiger partial charge in [0.2, 0.25) is 0 Å². The summed E-state index contributed by atoms with van der Waals surface area (Å²) in [7, 11) is 0. The number of ether oxygens (including phenoxy) is 2. The maximum Gasteiger partial charge on any atom is 0.290 e. The van der Waals surface area contributed by atoms with Gasteiger partial charge in [-0.2, -0.15) is 0 Å². The smallest absolute Gasteiger partial charge is 0.290 e. The highest BCUT2D eigenvalue weighted by Gasteiger charge is 2.62. The number of carboxylic acid groups (broad SMARTS) is 1. The van der Waals surface area contributed by atoms with Gasteiger partial charge in [-0.05, 0) is 52.4 Å². The molecular weight excluding hydrogens is 348 g/mol. The molecule has 27 heavy (non-hydrogen) atoms. The molecule has 3 aliphatic heterocycles. The highest BCUT2D eigenvalue weighted by Crippen LogP contribution is 2.55. The average Bonchev–Trinajstić information content (AvgIpc) is 3.10. The number of carbonyl (C=O) groups is 2. The number of carbonyl (C=O) groups excluding carboxylic acids is 1. The van der Waals surface area contributed by atoms with Gasteiger partial charge in [0.25, 0.3) is 12.4 Å². The van der Waals surface area contributed by atoms with Gasteiger partial charge in [-0.25, -0.2) is 0 Å². The topological polar surface area (TPSA) is 88.1 Å². The van der Waals surface area contributed by atoms with E-state index in [1.54, 1.807) is 0 Å². The summed E-state index contributed by atoms with van der Waals surface area (Å²) >= 11 is 0. The lowest BCUT2D eigenvalue weighted by Gasteiger charge is -2.31. The molecule has 4 atom stereocenters. The molecule has 0 aromatic carbocycles. The van der Waals surface area contributed by atoms with Crippen molar-refractivity contribution in [3.63, 3.8) is 0 Å². The molecule has 4 fully saturated rings. The zero-order valence-electron chi connectivity index (χ0n) is 16.8. The monoisotopic (exact) mass is 382 g/mol. The number of amides is 1. The van der Waals surface area contributed by atoms with Crippen LogP contribution >= 0.6 is 0 Å². The molecule has 1 aliphatic carbocycles. The second-order valence-corrected chi connectivity index (χ2v) is 8.93. The van der Waals surface area contributed by atoms with Crippen LogP contribution in [0.5, 0.6) is 0 Å². The van der Waals surface area contributed by atoms with Crippen molar-refractivity contribution in [2.24, 2.45) is 17.8 Å². The van der Waals surface area contributed by atoms with Gasteiger partial charge >= 0.3 is 0 Å². The summed E-state index contributed by atoms with van der Waals surface area (Å²) in [5, 5.41) is 10.0. The Balaban J connectivity index is 0.000000659. The molecule has 7 nitrogen and oxygen atoms in total. The van der Waals surface area contributed by atoms with Crippen LogP contribution in [0.1, 0.15) is 46.5 Å². The molecule has 4 aliphatic rings. The van der Waals surface area contributed by atoms with Gasteiger partial charge in [-0.3, -0.25) is 14.5 Å². The normalized spacial score (nSPS) is 34.7. The quantitative estimate of drug-likeness (QED) is 0.649. The van der Waals surface area contributed by atoms with Crippen LogP contribution in [0.15, 0.2) is 0 Å². The van der Waals surface area contributed by atoms with E-state index in [0.29, 0.717) is 24.5 Å². The van der Waals surface area contributed by atoms with Crippen LogP contribution in [0, 0.1) is 17.8 Å². The Kier molecular flexibility index (Phi) is 6.13. The van der Waals surface area contributed by atoms with E-state index in [9.17, 15) is 4.79 Å². The van der Waals surface area contributed by atoms with E-state index in [0.717, 1.165) is 32.0 Å². The minimum Gasteiger partial charge on any atom is -0.483 e. The first-order valence-electron chi connectivity index (χ1n) is 10.3. The number of nitrogens with one attached hydrogen (secondary N) is 1. The largest absolute Gasteiger partial charge is 0.483 e. The molecule has 1 amide bonds. The lowest BCUT2D eigenvalue weighted by atomic mass is 9.73. The minimum atomic E-state index is -0.751. The van der Waals surface area contributed by atoms with E-state index in [1.807, 2.05) is 20.8 Å². The highest BCUT2D eigenvalue weighted by atomic mass is 16.5. The van der Waals surface area contributed by atoms with Crippen molar-refractivity contribution in [2.45, 2.75) is 63.8 Å². The molecular formula is C20H34N2O5. The van der Waals surface area contributed by atoms with Gasteiger partial charge in [-0.15, -0.1) is 0 Å². The fourth-order valence-electron chi connectivity index (χ4n) is 5.21. The van der Waals surface area contributed by atoms with Crippen molar-refractivity contribution in [3.8, 4) is 0 Å². The molecule has 0 unspecified atom stereocenters. The lowest BCUT2D eigenvalue weighted by molar-refractivity contribution is -0.142. The first kappa shape index (κ1) is 20.6. The van der Waals surface area contributed by atoms with Gasteiger partial charge in [0.1, 0.15) is 5.60 Å². The van der Waals surface area contributed by atoms with Crippen molar-refractivity contribution in [1.29, 1.82) is 0 Å². The Morgan fingerprint density at radius 1 is 1.41 bits per heavy atom. The number of rotatable bonds is 7. The Morgan fingerprint density at radius 3 is 2.74 bits per heavy atom. The highest BCUT2D eigenvalue weighted by molar-refractivity contribution is 5.84. The second-order valence-electron chi connectivity index (χ2n) is 8.93. The predicted molar refractivity (Wildman–Crippen MR) is 100 cm³/mol. The zero-order chi connectivity index (χ0) is 19.7. The van der Waals surface area contributed by atoms with Crippen LogP contribution in [0.4, 0.5) is 0 Å². The van der Waals surface area contributed by atoms with Crippen molar-refractivity contribution in [2.75, 3.05) is 32.8 Å². The SMILES string of the molecule is CCOC(C)(C)C(=O)NC[C@H]1[C@H]2CN(CC3CC3)C[C@]23CC[C@H]1O3.O=CO. The molecule has 2 N–H and O–H groups in total. The van der Waals surface area contributed by atoms with Gasteiger partial charge < -0.3 is 19.9 Å². The zero-order valence-corrected chi connectivity index (χ0v) is 16.8. The third-order valence-corrected chi connectivity index (χ3v) is 6.62. The van der Waals surface area contributed by atoms with Crippen LogP contribution in [0.25, 0.3) is 0 Å². The van der Waals surface area contributed by atoms with Crippen LogP contribution in [-0.4, -0.2) is 72.5 Å². The van der Waals surface area contributed by atoms with Crippen LogP contribution in [0.3, 0.4) is 0 Å². The van der Waals surface area contributed by atoms with Crippen molar-refractivity contribution in [1.82, 2.24) is 10.2 Å². The number of hydrogen-bond donors (Lipinski definition) is 2. The van der Waals surface area contributed by atoms with E-state index in [-0.39, 0.29) is 18.0 Å². The van der Waals surface area contributed by atoms with Crippen LogP contribution < -0.4 is 5.32 Å². The summed E-state index contributed by atoms with van der Waals surface area (Å²) in [6.07, 6.45) is 5.52. The average molecular weight is 383 g/mol. The second kappa shape index (κ2) is 8.05. The maximum atomic E-state index is 12.4. The number of likely N-dealkylation sites (tertiary alicyclic amines) is 1. The Morgan fingerprint density at radius 2 is 2.11 bits per heavy atom. The summed E-state index contributed by atoms with van der Waals surface area (Å²) in [5.74, 6) is 1.98. The standard InChI is InChI=1S/C19H32N2O3.CH2O2/c1-4-23-18(2,3)17(22)20-9-14-15-11-21(10-13-5-6-13)12-19(15)8-7-16(14)24-19;2-1-3/h13-16H,4-12H2,1-3H3,(H,20,22);1H,(H,2,3)/t14-,15+,16+,19+;/m0./s1. The Bertz CT molecular complexity index is 550. The van der Waals surface area contributed by atoms with E-state index >= 15 is 0 Å². The molecule has 0 aromatic heterocycles. The molecule has 1 spiro atoms. The summed E-state index contributed by atoms with van der Waals surface area (Å²) < 4.78 is 12.0. The third-order valence-electron chi connectivity index (χ3n) is 6.62. The molecule has 0 aromatic rings. The molecule has 154 valence electrons. The van der Waals surface area contributed by atoms with E-state index in [4.69, 9.17) is 19.4 Å². The Labute approximate surface area is 161 Å². The van der Waals surface area contributed by atoms with Gasteiger partial charge in [0.05, 0.1) is 11.7 Å². The molecule has 2 bridgehead atoms. The third kappa shape index (κ3) is 4.30. The molecule has 3 heterocycles. The summed E-state index contributed by atoms with van der Waals surface area (Å²) in [6, 6.07) is 0. The Hall–Kier alpha value is -1.18. The lowest BCUT2D eigenvalue weighted by Crippen LogP contribution is -2.48. The molecule has 4 rings (SSSR count). The molecule has 0 radical (unpaired) electrons. The van der Waals surface area contributed by atoms with Gasteiger partial charge in [0, 0.05) is 44.6 Å². The van der Waals surface area contributed by atoms with E-state index in [1.165, 1.54) is 25.8 Å². The minimum absolute atomic E-state index is 0.00555. The molecule has 1 saturated carbocycles.